The molecule has 0 aliphatic carbocycles. The predicted molar refractivity (Wildman–Crippen MR) is 139 cm³/mol. The van der Waals surface area contributed by atoms with Crippen molar-refractivity contribution in [3.05, 3.63) is 112 Å². The van der Waals surface area contributed by atoms with E-state index in [-0.39, 0.29) is 24.3 Å². The van der Waals surface area contributed by atoms with Gasteiger partial charge >= 0.3 is 5.97 Å². The van der Waals surface area contributed by atoms with Crippen LogP contribution in [0.5, 0.6) is 0 Å². The number of para-hydroxylation sites is 2. The molecule has 8 nitrogen and oxygen atoms in total. The van der Waals surface area contributed by atoms with Gasteiger partial charge in [-0.25, -0.2) is 18.9 Å². The summed E-state index contributed by atoms with van der Waals surface area (Å²) in [6, 6.07) is 22.0. The van der Waals surface area contributed by atoms with Crippen LogP contribution in [0.1, 0.15) is 28.4 Å². The lowest BCUT2D eigenvalue weighted by molar-refractivity contribution is 0.0526. The van der Waals surface area contributed by atoms with Crippen LogP contribution < -0.4 is 11.3 Å². The van der Waals surface area contributed by atoms with Crippen LogP contribution in [0, 0.1) is 5.82 Å². The van der Waals surface area contributed by atoms with E-state index >= 15 is 0 Å². The first-order valence-corrected chi connectivity index (χ1v) is 11.8. The van der Waals surface area contributed by atoms with Crippen molar-refractivity contribution < 1.29 is 13.9 Å². The summed E-state index contributed by atoms with van der Waals surface area (Å²) < 4.78 is 23.1. The zero-order valence-electron chi connectivity index (χ0n) is 20.1. The number of nitrogens with two attached hydrogens (primary N) is 1. The smallest absolute Gasteiger partial charge is 0.338 e. The first-order chi connectivity index (χ1) is 17.9. The predicted octanol–water partition coefficient (Wildman–Crippen LogP) is 4.25. The number of ether oxygens (including phenoxy) is 1. The molecule has 0 spiro atoms. The number of hydrogen-bond acceptors (Lipinski definition) is 6. The zero-order valence-corrected chi connectivity index (χ0v) is 20.1. The highest BCUT2D eigenvalue weighted by Crippen LogP contribution is 2.24. The molecule has 2 heterocycles. The van der Waals surface area contributed by atoms with Gasteiger partial charge in [-0.15, -0.1) is 0 Å². The SMILES string of the molecule is CCOC(=O)c1cccc(Cn2nc(-c3cc(Cn4c(N)nc5ccccc54)ccc3F)ccc2=O)c1. The summed E-state index contributed by atoms with van der Waals surface area (Å²) in [5, 5.41) is 4.42. The van der Waals surface area contributed by atoms with Crippen molar-refractivity contribution in [3.8, 4) is 11.3 Å². The third-order valence-electron chi connectivity index (χ3n) is 5.97. The van der Waals surface area contributed by atoms with Gasteiger partial charge in [0.25, 0.3) is 5.56 Å². The van der Waals surface area contributed by atoms with Gasteiger partial charge in [0.15, 0.2) is 0 Å². The van der Waals surface area contributed by atoms with E-state index in [9.17, 15) is 14.0 Å². The van der Waals surface area contributed by atoms with Gasteiger partial charge in [0.05, 0.1) is 42.0 Å². The quantitative estimate of drug-likeness (QED) is 0.337. The number of carbonyl (C=O) groups excluding carboxylic acids is 1. The van der Waals surface area contributed by atoms with Gasteiger partial charge in [0.2, 0.25) is 5.95 Å². The van der Waals surface area contributed by atoms with Crippen LogP contribution in [0.4, 0.5) is 10.3 Å². The van der Waals surface area contributed by atoms with Crippen molar-refractivity contribution in [2.45, 2.75) is 20.0 Å². The Morgan fingerprint density at radius 1 is 0.973 bits per heavy atom. The first kappa shape index (κ1) is 23.9. The van der Waals surface area contributed by atoms with Crippen LogP contribution in [0.2, 0.25) is 0 Å². The van der Waals surface area contributed by atoms with Gasteiger partial charge in [0, 0.05) is 11.6 Å². The summed E-state index contributed by atoms with van der Waals surface area (Å²) in [7, 11) is 0. The van der Waals surface area contributed by atoms with E-state index in [1.54, 1.807) is 43.3 Å². The van der Waals surface area contributed by atoms with Crippen molar-refractivity contribution in [1.29, 1.82) is 0 Å². The van der Waals surface area contributed by atoms with Crippen molar-refractivity contribution in [2.24, 2.45) is 0 Å². The monoisotopic (exact) mass is 497 g/mol. The summed E-state index contributed by atoms with van der Waals surface area (Å²) in [6.45, 7) is 2.50. The molecule has 2 aromatic heterocycles. The number of anilines is 1. The number of esters is 1. The number of nitrogens with zero attached hydrogens (tertiary/aromatic N) is 4. The highest BCUT2D eigenvalue weighted by atomic mass is 19.1. The van der Waals surface area contributed by atoms with E-state index in [2.05, 4.69) is 10.1 Å². The summed E-state index contributed by atoms with van der Waals surface area (Å²) in [4.78, 5) is 29.0. The van der Waals surface area contributed by atoms with Crippen molar-refractivity contribution in [3.63, 3.8) is 0 Å². The summed E-state index contributed by atoms with van der Waals surface area (Å²) in [6.07, 6.45) is 0. The maximum absolute atomic E-state index is 14.9. The number of halogens is 1. The molecule has 9 heteroatoms. The molecule has 0 amide bonds. The fraction of sp³-hybridized carbons (Fsp3) is 0.143. The van der Waals surface area contributed by atoms with Crippen molar-refractivity contribution in [1.82, 2.24) is 19.3 Å². The van der Waals surface area contributed by atoms with Gasteiger partial charge in [-0.2, -0.15) is 5.10 Å². The molecular formula is C28H24FN5O3. The third kappa shape index (κ3) is 4.97. The van der Waals surface area contributed by atoms with E-state index < -0.39 is 11.8 Å². The number of aromatic nitrogens is 4. The Labute approximate surface area is 211 Å². The van der Waals surface area contributed by atoms with Gasteiger partial charge in [0.1, 0.15) is 5.82 Å². The van der Waals surface area contributed by atoms with Crippen LogP contribution in [0.15, 0.2) is 83.7 Å². The van der Waals surface area contributed by atoms with Crippen molar-refractivity contribution >= 4 is 23.0 Å². The molecule has 186 valence electrons. The third-order valence-corrected chi connectivity index (χ3v) is 5.97. The summed E-state index contributed by atoms with van der Waals surface area (Å²) >= 11 is 0. The molecular weight excluding hydrogens is 473 g/mol. The Hall–Kier alpha value is -4.79. The molecule has 2 N–H and O–H groups in total. The molecule has 0 unspecified atom stereocenters. The van der Waals surface area contributed by atoms with Crippen LogP contribution in [-0.2, 0) is 17.8 Å². The Morgan fingerprint density at radius 3 is 2.62 bits per heavy atom. The van der Waals surface area contributed by atoms with Crippen LogP contribution in [-0.4, -0.2) is 31.9 Å². The second-order valence-corrected chi connectivity index (χ2v) is 8.49. The molecule has 5 rings (SSSR count). The average molecular weight is 498 g/mol. The average Bonchev–Trinajstić information content (AvgIpc) is 3.21. The minimum atomic E-state index is -0.464. The number of carbonyl (C=O) groups is 1. The highest BCUT2D eigenvalue weighted by molar-refractivity contribution is 5.89. The largest absolute Gasteiger partial charge is 0.462 e. The fourth-order valence-electron chi connectivity index (χ4n) is 4.20. The van der Waals surface area contributed by atoms with E-state index in [1.165, 1.54) is 22.9 Å². The normalized spacial score (nSPS) is 11.1. The lowest BCUT2D eigenvalue weighted by atomic mass is 10.1. The number of benzene rings is 3. The Bertz CT molecular complexity index is 1670. The number of nitrogen functional groups attached to an aromatic ring is 1. The minimum absolute atomic E-state index is 0.110. The molecule has 37 heavy (non-hydrogen) atoms. The van der Waals surface area contributed by atoms with Crippen LogP contribution in [0.3, 0.4) is 0 Å². The minimum Gasteiger partial charge on any atom is -0.462 e. The topological polar surface area (TPSA) is 105 Å². The molecule has 0 radical (unpaired) electrons. The van der Waals surface area contributed by atoms with Gasteiger partial charge in [-0.3, -0.25) is 4.79 Å². The van der Waals surface area contributed by atoms with Crippen LogP contribution >= 0.6 is 0 Å². The summed E-state index contributed by atoms with van der Waals surface area (Å²) in [5.74, 6) is -0.540. The maximum atomic E-state index is 14.9. The molecule has 0 saturated carbocycles. The first-order valence-electron chi connectivity index (χ1n) is 11.8. The highest BCUT2D eigenvalue weighted by Gasteiger charge is 2.14. The Kier molecular flexibility index (Phi) is 6.51. The number of hydrogen-bond donors (Lipinski definition) is 1. The number of fused-ring (bicyclic) bond motifs is 1. The molecule has 0 fully saturated rings. The summed E-state index contributed by atoms with van der Waals surface area (Å²) in [5.41, 5.74) is 9.88. The van der Waals surface area contributed by atoms with Crippen molar-refractivity contribution in [2.75, 3.05) is 12.3 Å². The molecule has 0 aliphatic rings. The van der Waals surface area contributed by atoms with E-state index in [0.29, 0.717) is 29.3 Å². The number of rotatable bonds is 7. The fourth-order valence-corrected chi connectivity index (χ4v) is 4.20. The second-order valence-electron chi connectivity index (χ2n) is 8.49. The lowest BCUT2D eigenvalue weighted by Crippen LogP contribution is -2.23. The molecule has 0 aliphatic heterocycles. The lowest BCUT2D eigenvalue weighted by Gasteiger charge is -2.11. The van der Waals surface area contributed by atoms with E-state index in [1.807, 2.05) is 28.8 Å². The zero-order chi connectivity index (χ0) is 25.9. The second kappa shape index (κ2) is 10.1. The Balaban J connectivity index is 1.46. The Morgan fingerprint density at radius 2 is 1.78 bits per heavy atom. The molecule has 0 saturated heterocycles. The molecule has 3 aromatic carbocycles. The van der Waals surface area contributed by atoms with Crippen LogP contribution in [0.25, 0.3) is 22.3 Å². The standard InChI is InChI=1S/C28H24FN5O3/c1-2-37-27(36)20-7-5-6-18(14-20)17-34-26(35)13-12-23(32-34)21-15-19(10-11-22(21)29)16-33-25-9-4-3-8-24(25)31-28(33)30/h3-15H,2,16-17H2,1H3,(H2,30,31). The van der Waals surface area contributed by atoms with Gasteiger partial charge < -0.3 is 15.0 Å². The van der Waals surface area contributed by atoms with Gasteiger partial charge in [-0.05, 0) is 60.5 Å². The molecule has 0 bridgehead atoms. The molecule has 5 aromatic rings. The van der Waals surface area contributed by atoms with E-state index in [4.69, 9.17) is 10.5 Å². The van der Waals surface area contributed by atoms with E-state index in [0.717, 1.165) is 16.6 Å². The maximum Gasteiger partial charge on any atom is 0.338 e. The van der Waals surface area contributed by atoms with Gasteiger partial charge in [-0.1, -0.05) is 30.3 Å². The number of imidazole rings is 1. The molecule has 0 atom stereocenters.